The van der Waals surface area contributed by atoms with Gasteiger partial charge in [0.05, 0.1) is 12.2 Å². The van der Waals surface area contributed by atoms with Gasteiger partial charge in [0.2, 0.25) is 5.89 Å². The molecule has 4 heterocycles. The molecule has 0 atom stereocenters. The molecule has 1 aliphatic rings. The number of hydrogen-bond acceptors (Lipinski definition) is 7. The first-order chi connectivity index (χ1) is 12.4. The van der Waals surface area contributed by atoms with Gasteiger partial charge in [-0.25, -0.2) is 0 Å². The Morgan fingerprint density at radius 2 is 1.92 bits per heavy atom. The normalized spacial score (nSPS) is 17.2. The topological polar surface area (TPSA) is 85.2 Å². The monoisotopic (exact) mass is 355 g/mol. The Hall–Kier alpha value is -2.35. The molecule has 8 heteroatoms. The van der Waals surface area contributed by atoms with Gasteiger partial charge in [-0.1, -0.05) is 25.9 Å². The van der Waals surface area contributed by atoms with Gasteiger partial charge >= 0.3 is 0 Å². The first-order valence-electron chi connectivity index (χ1n) is 9.14. The van der Waals surface area contributed by atoms with Crippen LogP contribution in [0.1, 0.15) is 62.8 Å². The largest absolute Gasteiger partial charge is 0.340 e. The lowest BCUT2D eigenvalue weighted by Gasteiger charge is -2.30. The Kier molecular flexibility index (Phi) is 4.22. The third-order valence-corrected chi connectivity index (χ3v) is 4.94. The van der Waals surface area contributed by atoms with Crippen LogP contribution in [-0.2, 0) is 12.0 Å². The standard InChI is InChI=1S/C18H25N7O/c1-12-19-15(23-26-12)11-24-9-7-13(8-10-24)17-21-20-16-6-5-14(18(2,3)4)22-25(16)17/h5-6,13H,7-11H2,1-4H3. The lowest BCUT2D eigenvalue weighted by Crippen LogP contribution is -2.33. The van der Waals surface area contributed by atoms with Crippen LogP contribution in [0.4, 0.5) is 0 Å². The van der Waals surface area contributed by atoms with Crippen molar-refractivity contribution in [2.45, 2.75) is 58.4 Å². The third-order valence-electron chi connectivity index (χ3n) is 4.94. The number of piperidine rings is 1. The van der Waals surface area contributed by atoms with Crippen molar-refractivity contribution in [1.82, 2.24) is 34.9 Å². The zero-order chi connectivity index (χ0) is 18.3. The summed E-state index contributed by atoms with van der Waals surface area (Å²) in [6, 6.07) is 4.06. The molecule has 0 spiro atoms. The number of likely N-dealkylation sites (tertiary alicyclic amines) is 1. The summed E-state index contributed by atoms with van der Waals surface area (Å²) in [4.78, 5) is 6.65. The van der Waals surface area contributed by atoms with E-state index in [1.807, 2.05) is 23.6 Å². The molecule has 0 saturated carbocycles. The molecule has 3 aromatic heterocycles. The molecule has 138 valence electrons. The van der Waals surface area contributed by atoms with Crippen molar-refractivity contribution in [3.05, 3.63) is 35.4 Å². The molecule has 0 bridgehead atoms. The summed E-state index contributed by atoms with van der Waals surface area (Å²) in [5.74, 6) is 2.72. The zero-order valence-electron chi connectivity index (χ0n) is 15.8. The zero-order valence-corrected chi connectivity index (χ0v) is 15.8. The molecule has 0 aromatic carbocycles. The lowest BCUT2D eigenvalue weighted by molar-refractivity contribution is 0.194. The van der Waals surface area contributed by atoms with Gasteiger partial charge in [-0.15, -0.1) is 10.2 Å². The van der Waals surface area contributed by atoms with Gasteiger partial charge in [0, 0.05) is 18.3 Å². The van der Waals surface area contributed by atoms with Gasteiger partial charge < -0.3 is 4.52 Å². The Labute approximate surface area is 152 Å². The van der Waals surface area contributed by atoms with Crippen LogP contribution < -0.4 is 0 Å². The smallest absolute Gasteiger partial charge is 0.223 e. The van der Waals surface area contributed by atoms with Crippen LogP contribution in [0.5, 0.6) is 0 Å². The summed E-state index contributed by atoms with van der Waals surface area (Å²) < 4.78 is 6.99. The fourth-order valence-electron chi connectivity index (χ4n) is 3.41. The fourth-order valence-corrected chi connectivity index (χ4v) is 3.41. The van der Waals surface area contributed by atoms with Crippen molar-refractivity contribution in [3.63, 3.8) is 0 Å². The van der Waals surface area contributed by atoms with Crippen molar-refractivity contribution in [2.75, 3.05) is 13.1 Å². The molecule has 1 fully saturated rings. The molecule has 0 aliphatic carbocycles. The van der Waals surface area contributed by atoms with Crippen LogP contribution in [0, 0.1) is 6.92 Å². The number of fused-ring (bicyclic) bond motifs is 1. The van der Waals surface area contributed by atoms with E-state index in [1.165, 1.54) is 0 Å². The summed E-state index contributed by atoms with van der Waals surface area (Å²) in [6.45, 7) is 11.0. The molecule has 0 amide bonds. The summed E-state index contributed by atoms with van der Waals surface area (Å²) in [6.07, 6.45) is 2.05. The van der Waals surface area contributed by atoms with E-state index in [9.17, 15) is 0 Å². The molecule has 4 rings (SSSR count). The van der Waals surface area contributed by atoms with Crippen molar-refractivity contribution in [2.24, 2.45) is 0 Å². The number of aromatic nitrogens is 6. The van der Waals surface area contributed by atoms with Crippen molar-refractivity contribution >= 4 is 5.65 Å². The second kappa shape index (κ2) is 6.42. The van der Waals surface area contributed by atoms with Gasteiger partial charge in [0.15, 0.2) is 17.3 Å². The Morgan fingerprint density at radius 1 is 1.15 bits per heavy atom. The number of nitrogens with zero attached hydrogens (tertiary/aromatic N) is 7. The average molecular weight is 355 g/mol. The summed E-state index contributed by atoms with van der Waals surface area (Å²) >= 11 is 0. The van der Waals surface area contributed by atoms with E-state index in [-0.39, 0.29) is 5.41 Å². The predicted molar refractivity (Wildman–Crippen MR) is 95.8 cm³/mol. The molecular weight excluding hydrogens is 330 g/mol. The van der Waals surface area contributed by atoms with Gasteiger partial charge in [-0.2, -0.15) is 14.6 Å². The Morgan fingerprint density at radius 3 is 2.58 bits per heavy atom. The Bertz CT molecular complexity index is 900. The minimum Gasteiger partial charge on any atom is -0.340 e. The highest BCUT2D eigenvalue weighted by Gasteiger charge is 2.26. The van der Waals surface area contributed by atoms with Crippen molar-refractivity contribution in [1.29, 1.82) is 0 Å². The minimum atomic E-state index is 0.00180. The molecule has 3 aromatic rings. The molecule has 8 nitrogen and oxygen atoms in total. The lowest BCUT2D eigenvalue weighted by atomic mass is 9.92. The molecule has 0 N–H and O–H groups in total. The van der Waals surface area contributed by atoms with Crippen LogP contribution in [0.25, 0.3) is 5.65 Å². The summed E-state index contributed by atoms with van der Waals surface area (Å²) in [5, 5.41) is 17.6. The first kappa shape index (κ1) is 17.1. The van der Waals surface area contributed by atoms with E-state index in [0.717, 1.165) is 55.5 Å². The molecule has 0 radical (unpaired) electrons. The molecular formula is C18H25N7O. The van der Waals surface area contributed by atoms with E-state index >= 15 is 0 Å². The molecule has 26 heavy (non-hydrogen) atoms. The maximum atomic E-state index is 5.06. The number of hydrogen-bond donors (Lipinski definition) is 0. The number of rotatable bonds is 3. The maximum Gasteiger partial charge on any atom is 0.223 e. The second-order valence-corrected chi connectivity index (χ2v) is 8.08. The predicted octanol–water partition coefficient (Wildman–Crippen LogP) is 2.49. The highest BCUT2D eigenvalue weighted by Crippen LogP contribution is 2.28. The van der Waals surface area contributed by atoms with Crippen LogP contribution in [0.3, 0.4) is 0 Å². The third kappa shape index (κ3) is 3.33. The van der Waals surface area contributed by atoms with E-state index in [0.29, 0.717) is 11.8 Å². The van der Waals surface area contributed by atoms with E-state index < -0.39 is 0 Å². The van der Waals surface area contributed by atoms with Gasteiger partial charge in [0.1, 0.15) is 0 Å². The van der Waals surface area contributed by atoms with Crippen LogP contribution >= 0.6 is 0 Å². The van der Waals surface area contributed by atoms with Crippen molar-refractivity contribution < 1.29 is 4.52 Å². The van der Waals surface area contributed by atoms with E-state index in [2.05, 4.69) is 46.0 Å². The highest BCUT2D eigenvalue weighted by molar-refractivity contribution is 5.37. The fraction of sp³-hybridized carbons (Fsp3) is 0.611. The van der Waals surface area contributed by atoms with E-state index in [4.69, 9.17) is 9.62 Å². The van der Waals surface area contributed by atoms with Gasteiger partial charge in [-0.3, -0.25) is 4.90 Å². The van der Waals surface area contributed by atoms with E-state index in [1.54, 1.807) is 0 Å². The maximum absolute atomic E-state index is 5.06. The van der Waals surface area contributed by atoms with Crippen molar-refractivity contribution in [3.8, 4) is 0 Å². The molecule has 1 saturated heterocycles. The quantitative estimate of drug-likeness (QED) is 0.713. The van der Waals surface area contributed by atoms with Crippen LogP contribution in [-0.4, -0.2) is 47.9 Å². The molecule has 0 unspecified atom stereocenters. The SMILES string of the molecule is Cc1nc(CN2CCC(c3nnc4ccc(C(C)(C)C)nn34)CC2)no1. The first-order valence-corrected chi connectivity index (χ1v) is 9.14. The van der Waals surface area contributed by atoms with Gasteiger partial charge in [0.25, 0.3) is 0 Å². The Balaban J connectivity index is 1.49. The van der Waals surface area contributed by atoms with Crippen LogP contribution in [0.2, 0.25) is 0 Å². The van der Waals surface area contributed by atoms with Gasteiger partial charge in [-0.05, 0) is 38.1 Å². The molecule has 1 aliphatic heterocycles. The van der Waals surface area contributed by atoms with Crippen LogP contribution in [0.15, 0.2) is 16.7 Å². The number of aryl methyl sites for hydroxylation is 1. The summed E-state index contributed by atoms with van der Waals surface area (Å²) in [7, 11) is 0. The second-order valence-electron chi connectivity index (χ2n) is 8.08. The highest BCUT2D eigenvalue weighted by atomic mass is 16.5. The average Bonchev–Trinajstić information content (AvgIpc) is 3.20. The summed E-state index contributed by atoms with van der Waals surface area (Å²) in [5.41, 5.74) is 1.87. The minimum absolute atomic E-state index is 0.00180.